The second-order valence-corrected chi connectivity index (χ2v) is 13.9. The molecule has 0 radical (unpaired) electrons. The Labute approximate surface area is 302 Å². The summed E-state index contributed by atoms with van der Waals surface area (Å²) in [5.74, 6) is 0. The molecule has 11 rings (SSSR count). The van der Waals surface area contributed by atoms with Gasteiger partial charge in [0.15, 0.2) is 0 Å². The van der Waals surface area contributed by atoms with Gasteiger partial charge in [-0.25, -0.2) is 0 Å². The van der Waals surface area contributed by atoms with Crippen LogP contribution in [-0.4, -0.2) is 0 Å². The van der Waals surface area contributed by atoms with Crippen molar-refractivity contribution in [3.8, 4) is 66.8 Å². The number of fused-ring (bicyclic) bond motifs is 7. The lowest BCUT2D eigenvalue weighted by atomic mass is 9.81. The van der Waals surface area contributed by atoms with E-state index in [1.807, 2.05) is 0 Å². The van der Waals surface area contributed by atoms with Gasteiger partial charge in [0.2, 0.25) is 0 Å². The molecule has 0 saturated carbocycles. The highest BCUT2D eigenvalue weighted by molar-refractivity contribution is 6.36. The lowest BCUT2D eigenvalue weighted by Gasteiger charge is -2.21. The summed E-state index contributed by atoms with van der Waals surface area (Å²) in [6.07, 6.45) is 0. The SMILES string of the molecule is c1ccc(-c2c3c(c(-c4ccccc4)c4ccccc24)-c2cc4c(-c5ccccc5)c5ccccc5c(-c5ccccc5)c4c4cccc-3c24)cc1. The van der Waals surface area contributed by atoms with Crippen LogP contribution in [-0.2, 0) is 0 Å². The second kappa shape index (κ2) is 11.4. The molecule has 0 unspecified atom stereocenters. The first-order chi connectivity index (χ1) is 25.9. The molecule has 0 aromatic heterocycles. The Morgan fingerprint density at radius 2 is 0.558 bits per heavy atom. The van der Waals surface area contributed by atoms with E-state index in [-0.39, 0.29) is 0 Å². The van der Waals surface area contributed by atoms with E-state index in [0.29, 0.717) is 0 Å². The van der Waals surface area contributed by atoms with Gasteiger partial charge in [0.25, 0.3) is 0 Å². The molecule has 0 amide bonds. The lowest BCUT2D eigenvalue weighted by Crippen LogP contribution is -1.94. The molecule has 0 spiro atoms. The highest BCUT2D eigenvalue weighted by Crippen LogP contribution is 2.60. The minimum Gasteiger partial charge on any atom is -0.0622 e. The molecule has 0 saturated heterocycles. The van der Waals surface area contributed by atoms with Gasteiger partial charge in [-0.3, -0.25) is 0 Å². The summed E-state index contributed by atoms with van der Waals surface area (Å²) in [4.78, 5) is 0. The molecule has 0 nitrogen and oxygen atoms in total. The fourth-order valence-corrected chi connectivity index (χ4v) is 9.16. The summed E-state index contributed by atoms with van der Waals surface area (Å²) >= 11 is 0. The van der Waals surface area contributed by atoms with Crippen molar-refractivity contribution in [2.75, 3.05) is 0 Å². The molecule has 0 heterocycles. The molecular formula is C52H32. The monoisotopic (exact) mass is 656 g/mol. The van der Waals surface area contributed by atoms with E-state index in [4.69, 9.17) is 0 Å². The average Bonchev–Trinajstić information content (AvgIpc) is 3.54. The Bertz CT molecular complexity index is 3010. The van der Waals surface area contributed by atoms with E-state index < -0.39 is 0 Å². The summed E-state index contributed by atoms with van der Waals surface area (Å²) in [6, 6.07) is 71.6. The molecule has 1 aliphatic rings. The largest absolute Gasteiger partial charge is 0.0622 e. The fraction of sp³-hybridized carbons (Fsp3) is 0. The number of hydrogen-bond donors (Lipinski definition) is 0. The van der Waals surface area contributed by atoms with Crippen molar-refractivity contribution < 1.29 is 0 Å². The molecule has 52 heavy (non-hydrogen) atoms. The molecule has 10 aromatic carbocycles. The lowest BCUT2D eigenvalue weighted by molar-refractivity contribution is 1.62. The van der Waals surface area contributed by atoms with Gasteiger partial charge < -0.3 is 0 Å². The number of benzene rings is 10. The average molecular weight is 657 g/mol. The van der Waals surface area contributed by atoms with Crippen molar-refractivity contribution in [1.29, 1.82) is 0 Å². The van der Waals surface area contributed by atoms with Gasteiger partial charge in [0.05, 0.1) is 0 Å². The Hall–Kier alpha value is -6.76. The van der Waals surface area contributed by atoms with Crippen LogP contribution in [0.15, 0.2) is 194 Å². The highest BCUT2D eigenvalue weighted by atomic mass is 14.3. The first-order valence-electron chi connectivity index (χ1n) is 18.1. The van der Waals surface area contributed by atoms with Crippen LogP contribution in [0.25, 0.3) is 110 Å². The maximum atomic E-state index is 2.55. The van der Waals surface area contributed by atoms with E-state index in [0.717, 1.165) is 0 Å². The van der Waals surface area contributed by atoms with E-state index >= 15 is 0 Å². The molecule has 0 heteroatoms. The second-order valence-electron chi connectivity index (χ2n) is 13.9. The zero-order valence-corrected chi connectivity index (χ0v) is 28.5. The van der Waals surface area contributed by atoms with Crippen LogP contribution in [0.1, 0.15) is 0 Å². The summed E-state index contributed by atoms with van der Waals surface area (Å²) in [5.41, 5.74) is 15.4. The molecule has 0 bridgehead atoms. The third kappa shape index (κ3) is 4.10. The van der Waals surface area contributed by atoms with Crippen LogP contribution < -0.4 is 0 Å². The quantitative estimate of drug-likeness (QED) is 0.131. The first kappa shape index (κ1) is 29.0. The molecule has 240 valence electrons. The van der Waals surface area contributed by atoms with Crippen LogP contribution in [0.4, 0.5) is 0 Å². The Morgan fingerprint density at radius 3 is 1.06 bits per heavy atom. The van der Waals surface area contributed by atoms with Gasteiger partial charge in [0.1, 0.15) is 0 Å². The Balaban J connectivity index is 1.42. The van der Waals surface area contributed by atoms with Gasteiger partial charge >= 0.3 is 0 Å². The van der Waals surface area contributed by atoms with Gasteiger partial charge in [-0.15, -0.1) is 0 Å². The van der Waals surface area contributed by atoms with Crippen molar-refractivity contribution in [1.82, 2.24) is 0 Å². The molecule has 1 aliphatic carbocycles. The van der Waals surface area contributed by atoms with Crippen molar-refractivity contribution in [3.05, 3.63) is 194 Å². The third-order valence-electron chi connectivity index (χ3n) is 11.2. The van der Waals surface area contributed by atoms with Gasteiger partial charge in [0, 0.05) is 0 Å². The minimum absolute atomic E-state index is 1.23. The maximum absolute atomic E-state index is 2.55. The molecule has 0 aliphatic heterocycles. The van der Waals surface area contributed by atoms with Crippen LogP contribution in [0.3, 0.4) is 0 Å². The smallest absolute Gasteiger partial charge is 0.000719 e. The number of hydrogen-bond acceptors (Lipinski definition) is 0. The van der Waals surface area contributed by atoms with Crippen LogP contribution in [0.5, 0.6) is 0 Å². The predicted molar refractivity (Wildman–Crippen MR) is 223 cm³/mol. The molecule has 0 fully saturated rings. The highest BCUT2D eigenvalue weighted by Gasteiger charge is 2.32. The first-order valence-corrected chi connectivity index (χ1v) is 18.1. The Morgan fingerprint density at radius 1 is 0.192 bits per heavy atom. The fourth-order valence-electron chi connectivity index (χ4n) is 9.16. The van der Waals surface area contributed by atoms with E-state index in [1.165, 1.54) is 110 Å². The summed E-state index contributed by atoms with van der Waals surface area (Å²) in [7, 11) is 0. The van der Waals surface area contributed by atoms with Crippen molar-refractivity contribution in [3.63, 3.8) is 0 Å². The van der Waals surface area contributed by atoms with E-state index in [2.05, 4.69) is 194 Å². The van der Waals surface area contributed by atoms with Crippen molar-refractivity contribution in [2.24, 2.45) is 0 Å². The Kier molecular flexibility index (Phi) is 6.35. The summed E-state index contributed by atoms with van der Waals surface area (Å²) < 4.78 is 0. The van der Waals surface area contributed by atoms with Crippen molar-refractivity contribution >= 4 is 43.1 Å². The normalized spacial score (nSPS) is 11.8. The molecule has 0 atom stereocenters. The van der Waals surface area contributed by atoms with Crippen LogP contribution >= 0.6 is 0 Å². The molecule has 0 N–H and O–H groups in total. The summed E-state index contributed by atoms with van der Waals surface area (Å²) in [6.45, 7) is 0. The standard InChI is InChI=1S/C52H32/c1-5-18-33(19-6-1)45-37-26-13-14-27-38(37)46(34-20-7-2-8-21-34)50-41-30-17-31-42-49(41)44(32-43(45)50)52-48(36-24-11-4-12-25-36)40-29-16-15-28-39(40)47(51(42)52)35-22-9-3-10-23-35/h1-32H. The third-order valence-corrected chi connectivity index (χ3v) is 11.2. The maximum Gasteiger partial charge on any atom is -0.000719 e. The molecular weight excluding hydrogens is 625 g/mol. The van der Waals surface area contributed by atoms with Crippen LogP contribution in [0, 0.1) is 0 Å². The summed E-state index contributed by atoms with van der Waals surface area (Å²) in [5, 5.41) is 10.3. The van der Waals surface area contributed by atoms with Gasteiger partial charge in [-0.2, -0.15) is 0 Å². The van der Waals surface area contributed by atoms with Gasteiger partial charge in [-0.1, -0.05) is 188 Å². The number of rotatable bonds is 4. The van der Waals surface area contributed by atoms with Crippen LogP contribution in [0.2, 0.25) is 0 Å². The van der Waals surface area contributed by atoms with E-state index in [9.17, 15) is 0 Å². The predicted octanol–water partition coefficient (Wildman–Crippen LogP) is 14.6. The minimum atomic E-state index is 1.23. The van der Waals surface area contributed by atoms with Gasteiger partial charge in [-0.05, 0) is 116 Å². The molecule has 10 aromatic rings. The topological polar surface area (TPSA) is 0 Å². The van der Waals surface area contributed by atoms with E-state index in [1.54, 1.807) is 0 Å². The zero-order chi connectivity index (χ0) is 34.2. The zero-order valence-electron chi connectivity index (χ0n) is 28.5. The van der Waals surface area contributed by atoms with Crippen molar-refractivity contribution in [2.45, 2.75) is 0 Å².